The monoisotopic (exact) mass is 420 g/mol. The van der Waals surface area contributed by atoms with Gasteiger partial charge in [-0.05, 0) is 25.7 Å². The van der Waals surface area contributed by atoms with Gasteiger partial charge in [0.25, 0.3) is 10.1 Å². The highest BCUT2D eigenvalue weighted by Gasteiger charge is 2.21. The predicted molar refractivity (Wildman–Crippen MR) is 120 cm³/mol. The zero-order valence-electron chi connectivity index (χ0n) is 18.7. The van der Waals surface area contributed by atoms with Gasteiger partial charge in [-0.2, -0.15) is 8.42 Å². The molecule has 28 heavy (non-hydrogen) atoms. The minimum atomic E-state index is -3.94. The largest absolute Gasteiger partial charge is 0.393 e. The second-order valence-corrected chi connectivity index (χ2v) is 10.2. The predicted octanol–water partition coefficient (Wildman–Crippen LogP) is 7.06. The Hall–Kier alpha value is -0.130. The molecule has 0 saturated carbocycles. The molecule has 0 aliphatic heterocycles. The van der Waals surface area contributed by atoms with Gasteiger partial charge in [-0.15, -0.1) is 0 Å². The molecule has 170 valence electrons. The fourth-order valence-electron chi connectivity index (χ4n) is 3.83. The molecule has 0 fully saturated rings. The van der Waals surface area contributed by atoms with Gasteiger partial charge in [0, 0.05) is 0 Å². The SMILES string of the molecule is CCCCCCCCC(O)CCCCCC(CCCCCCCC)S(=O)(=O)O. The summed E-state index contributed by atoms with van der Waals surface area (Å²) in [6, 6.07) is 0. The molecule has 2 unspecified atom stereocenters. The third-order valence-corrected chi connectivity index (χ3v) is 7.07. The summed E-state index contributed by atoms with van der Waals surface area (Å²) in [6.45, 7) is 4.40. The number of hydrogen-bond acceptors (Lipinski definition) is 3. The Labute approximate surface area is 175 Å². The Bertz CT molecular complexity index is 422. The summed E-state index contributed by atoms with van der Waals surface area (Å²) in [5.41, 5.74) is 0. The van der Waals surface area contributed by atoms with Crippen LogP contribution in [0.4, 0.5) is 0 Å². The molecule has 0 amide bonds. The summed E-state index contributed by atoms with van der Waals surface area (Å²) in [7, 11) is -3.94. The highest BCUT2D eigenvalue weighted by Crippen LogP contribution is 2.19. The standard InChI is InChI=1S/C23H48O4S/c1-3-5-7-9-11-14-18-22(24)19-15-13-17-21-23(28(25,26)27)20-16-12-10-8-6-4-2/h22-24H,3-21H2,1-2H3,(H,25,26,27). The molecule has 0 bridgehead atoms. The summed E-state index contributed by atoms with van der Waals surface area (Å²) in [5, 5.41) is 9.45. The van der Waals surface area contributed by atoms with E-state index in [9.17, 15) is 18.1 Å². The van der Waals surface area contributed by atoms with Crippen molar-refractivity contribution in [3.63, 3.8) is 0 Å². The molecule has 2 atom stereocenters. The zero-order valence-corrected chi connectivity index (χ0v) is 19.5. The molecule has 0 aliphatic rings. The lowest BCUT2D eigenvalue weighted by Gasteiger charge is -2.14. The quantitative estimate of drug-likeness (QED) is 0.154. The van der Waals surface area contributed by atoms with E-state index in [0.717, 1.165) is 57.8 Å². The third-order valence-electron chi connectivity index (χ3n) is 5.76. The van der Waals surface area contributed by atoms with E-state index in [1.807, 2.05) is 0 Å². The van der Waals surface area contributed by atoms with E-state index in [1.165, 1.54) is 51.4 Å². The minimum Gasteiger partial charge on any atom is -0.393 e. The van der Waals surface area contributed by atoms with Gasteiger partial charge in [0.1, 0.15) is 0 Å². The van der Waals surface area contributed by atoms with Crippen LogP contribution < -0.4 is 0 Å². The first-order valence-electron chi connectivity index (χ1n) is 12.1. The number of rotatable bonds is 21. The molecular formula is C23H48O4S. The van der Waals surface area contributed by atoms with Gasteiger partial charge in [0.05, 0.1) is 11.4 Å². The Morgan fingerprint density at radius 3 is 1.29 bits per heavy atom. The number of aliphatic hydroxyl groups excluding tert-OH is 1. The average Bonchev–Trinajstić information content (AvgIpc) is 2.64. The molecule has 0 rings (SSSR count). The van der Waals surface area contributed by atoms with E-state index in [2.05, 4.69) is 13.8 Å². The molecule has 0 saturated heterocycles. The molecule has 0 heterocycles. The van der Waals surface area contributed by atoms with Crippen LogP contribution >= 0.6 is 0 Å². The highest BCUT2D eigenvalue weighted by molar-refractivity contribution is 7.86. The van der Waals surface area contributed by atoms with E-state index >= 15 is 0 Å². The van der Waals surface area contributed by atoms with Crippen LogP contribution in [-0.4, -0.2) is 29.4 Å². The minimum absolute atomic E-state index is 0.216. The third kappa shape index (κ3) is 17.9. The first kappa shape index (κ1) is 27.9. The van der Waals surface area contributed by atoms with Crippen LogP contribution in [0, 0.1) is 0 Å². The van der Waals surface area contributed by atoms with Crippen molar-refractivity contribution in [2.24, 2.45) is 0 Å². The summed E-state index contributed by atoms with van der Waals surface area (Å²) in [4.78, 5) is 0. The highest BCUT2D eigenvalue weighted by atomic mass is 32.2. The van der Waals surface area contributed by atoms with Gasteiger partial charge in [-0.1, -0.05) is 110 Å². The molecule has 0 spiro atoms. The molecule has 2 N–H and O–H groups in total. The first-order chi connectivity index (χ1) is 13.4. The van der Waals surface area contributed by atoms with Gasteiger partial charge >= 0.3 is 0 Å². The summed E-state index contributed by atoms with van der Waals surface area (Å²) in [6.07, 6.45) is 19.5. The van der Waals surface area contributed by atoms with Crippen molar-refractivity contribution in [3.8, 4) is 0 Å². The molecular weight excluding hydrogens is 372 g/mol. The van der Waals surface area contributed by atoms with Crippen molar-refractivity contribution < 1.29 is 18.1 Å². The maximum absolute atomic E-state index is 11.6. The average molecular weight is 421 g/mol. The van der Waals surface area contributed by atoms with Crippen LogP contribution in [0.15, 0.2) is 0 Å². The van der Waals surface area contributed by atoms with Gasteiger partial charge < -0.3 is 5.11 Å². The smallest absolute Gasteiger partial charge is 0.267 e. The molecule has 0 radical (unpaired) electrons. The molecule has 4 nitrogen and oxygen atoms in total. The Kier molecular flexibility index (Phi) is 18.8. The van der Waals surface area contributed by atoms with Crippen LogP contribution in [0.25, 0.3) is 0 Å². The number of unbranched alkanes of at least 4 members (excludes halogenated alkanes) is 12. The number of hydrogen-bond donors (Lipinski definition) is 2. The molecule has 0 aromatic rings. The normalized spacial score (nSPS) is 14.3. The lowest BCUT2D eigenvalue weighted by Crippen LogP contribution is -2.20. The maximum atomic E-state index is 11.6. The lowest BCUT2D eigenvalue weighted by atomic mass is 10.0. The Balaban J connectivity index is 3.75. The molecule has 0 aromatic carbocycles. The van der Waals surface area contributed by atoms with Gasteiger partial charge in [0.15, 0.2) is 0 Å². The van der Waals surface area contributed by atoms with Gasteiger partial charge in [-0.3, -0.25) is 4.55 Å². The van der Waals surface area contributed by atoms with Crippen molar-refractivity contribution in [1.82, 2.24) is 0 Å². The van der Waals surface area contributed by atoms with E-state index in [1.54, 1.807) is 0 Å². The fraction of sp³-hybridized carbons (Fsp3) is 1.00. The van der Waals surface area contributed by atoms with Crippen LogP contribution in [-0.2, 0) is 10.1 Å². The fourth-order valence-corrected chi connectivity index (χ4v) is 4.76. The van der Waals surface area contributed by atoms with E-state index in [4.69, 9.17) is 0 Å². The van der Waals surface area contributed by atoms with Crippen molar-refractivity contribution in [3.05, 3.63) is 0 Å². The van der Waals surface area contributed by atoms with E-state index in [0.29, 0.717) is 12.8 Å². The number of aliphatic hydroxyl groups is 1. The molecule has 5 heteroatoms. The van der Waals surface area contributed by atoms with Crippen LogP contribution in [0.1, 0.15) is 136 Å². The van der Waals surface area contributed by atoms with Crippen molar-refractivity contribution in [1.29, 1.82) is 0 Å². The van der Waals surface area contributed by atoms with Gasteiger partial charge in [0.2, 0.25) is 0 Å². The second kappa shape index (κ2) is 18.9. The van der Waals surface area contributed by atoms with Crippen molar-refractivity contribution in [2.75, 3.05) is 0 Å². The summed E-state index contributed by atoms with van der Waals surface area (Å²) in [5.74, 6) is 0. The maximum Gasteiger partial charge on any atom is 0.267 e. The lowest BCUT2D eigenvalue weighted by molar-refractivity contribution is 0.147. The van der Waals surface area contributed by atoms with Crippen molar-refractivity contribution in [2.45, 2.75) is 147 Å². The van der Waals surface area contributed by atoms with Crippen LogP contribution in [0.5, 0.6) is 0 Å². The van der Waals surface area contributed by atoms with Gasteiger partial charge in [-0.25, -0.2) is 0 Å². The van der Waals surface area contributed by atoms with Crippen molar-refractivity contribution >= 4 is 10.1 Å². The summed E-state index contributed by atoms with van der Waals surface area (Å²) < 4.78 is 32.7. The zero-order chi connectivity index (χ0) is 21.1. The second-order valence-electron chi connectivity index (χ2n) is 8.54. The first-order valence-corrected chi connectivity index (χ1v) is 13.6. The van der Waals surface area contributed by atoms with E-state index in [-0.39, 0.29) is 6.10 Å². The molecule has 0 aliphatic carbocycles. The van der Waals surface area contributed by atoms with E-state index < -0.39 is 15.4 Å². The summed E-state index contributed by atoms with van der Waals surface area (Å²) >= 11 is 0. The van der Waals surface area contributed by atoms with Crippen LogP contribution in [0.3, 0.4) is 0 Å². The topological polar surface area (TPSA) is 74.6 Å². The Morgan fingerprint density at radius 1 is 0.571 bits per heavy atom. The Morgan fingerprint density at radius 2 is 0.893 bits per heavy atom. The molecule has 0 aromatic heterocycles. The van der Waals surface area contributed by atoms with Crippen LogP contribution in [0.2, 0.25) is 0 Å².